The second-order valence-corrected chi connectivity index (χ2v) is 7.03. The van der Waals surface area contributed by atoms with Crippen molar-refractivity contribution in [2.45, 2.75) is 45.6 Å². The highest BCUT2D eigenvalue weighted by molar-refractivity contribution is 5.95. The Hall–Kier alpha value is -1.53. The van der Waals surface area contributed by atoms with Crippen LogP contribution in [0.5, 0.6) is 0 Å². The smallest absolute Gasteiger partial charge is 0.255 e. The number of hydrogen-bond donors (Lipinski definition) is 2. The number of carbonyl (C=O) groups excluding carboxylic acids is 2. The third-order valence-corrected chi connectivity index (χ3v) is 4.87. The van der Waals surface area contributed by atoms with Crippen molar-refractivity contribution in [3.05, 3.63) is 23.2 Å². The molecule has 2 amide bonds. The molecular formula is C18H28ClN3O3. The Kier molecular flexibility index (Phi) is 6.90. The molecule has 0 bridgehead atoms. The fourth-order valence-electron chi connectivity index (χ4n) is 3.21. The highest BCUT2D eigenvalue weighted by Gasteiger charge is 2.26. The summed E-state index contributed by atoms with van der Waals surface area (Å²) in [6.45, 7) is 6.45. The Morgan fingerprint density at radius 2 is 1.88 bits per heavy atom. The lowest BCUT2D eigenvalue weighted by molar-refractivity contribution is -0.131. The van der Waals surface area contributed by atoms with Crippen LogP contribution in [0.2, 0.25) is 0 Å². The van der Waals surface area contributed by atoms with Crippen LogP contribution >= 0.6 is 12.4 Å². The second-order valence-electron chi connectivity index (χ2n) is 7.03. The van der Waals surface area contributed by atoms with E-state index >= 15 is 0 Å². The molecule has 1 saturated heterocycles. The van der Waals surface area contributed by atoms with E-state index in [1.165, 1.54) is 12.8 Å². The van der Waals surface area contributed by atoms with Crippen LogP contribution in [-0.2, 0) is 4.79 Å². The van der Waals surface area contributed by atoms with Gasteiger partial charge in [-0.15, -0.1) is 12.4 Å². The zero-order chi connectivity index (χ0) is 17.1. The molecule has 1 aromatic rings. The van der Waals surface area contributed by atoms with Gasteiger partial charge in [-0.05, 0) is 58.1 Å². The standard InChI is InChI=1S/C18H27N3O3.ClH/c1-12-9-16(13(2)24-12)18(23)20-15-5-7-21(8-6-15)17(22)11-19-10-14-3-4-14;/h9,14-15,19H,3-8,10-11H2,1-2H3,(H,20,23);1H. The van der Waals surface area contributed by atoms with Crippen LogP contribution in [0.15, 0.2) is 10.5 Å². The van der Waals surface area contributed by atoms with Gasteiger partial charge < -0.3 is 20.0 Å². The van der Waals surface area contributed by atoms with E-state index in [4.69, 9.17) is 4.42 Å². The van der Waals surface area contributed by atoms with Gasteiger partial charge in [-0.3, -0.25) is 9.59 Å². The van der Waals surface area contributed by atoms with Gasteiger partial charge in [0.15, 0.2) is 0 Å². The summed E-state index contributed by atoms with van der Waals surface area (Å²) in [4.78, 5) is 26.4. The Morgan fingerprint density at radius 3 is 2.44 bits per heavy atom. The summed E-state index contributed by atoms with van der Waals surface area (Å²) in [5.41, 5.74) is 0.607. The molecule has 6 nitrogen and oxygen atoms in total. The lowest BCUT2D eigenvalue weighted by atomic mass is 10.0. The predicted octanol–water partition coefficient (Wildman–Crippen LogP) is 2.04. The monoisotopic (exact) mass is 369 g/mol. The van der Waals surface area contributed by atoms with Gasteiger partial charge in [0.1, 0.15) is 11.5 Å². The molecule has 2 N–H and O–H groups in total. The van der Waals surface area contributed by atoms with Crippen molar-refractivity contribution in [3.63, 3.8) is 0 Å². The quantitative estimate of drug-likeness (QED) is 0.804. The summed E-state index contributed by atoms with van der Waals surface area (Å²) in [6, 6.07) is 1.89. The molecule has 0 radical (unpaired) electrons. The van der Waals surface area contributed by atoms with Crippen LogP contribution in [-0.4, -0.2) is 48.9 Å². The normalized spacial score (nSPS) is 17.9. The Bertz CT molecular complexity index is 605. The molecule has 1 aliphatic carbocycles. The number of likely N-dealkylation sites (tertiary alicyclic amines) is 1. The van der Waals surface area contributed by atoms with Gasteiger partial charge in [0, 0.05) is 19.1 Å². The minimum atomic E-state index is -0.0831. The fourth-order valence-corrected chi connectivity index (χ4v) is 3.21. The predicted molar refractivity (Wildman–Crippen MR) is 98.1 cm³/mol. The topological polar surface area (TPSA) is 74.6 Å². The fraction of sp³-hybridized carbons (Fsp3) is 0.667. The van der Waals surface area contributed by atoms with Crippen molar-refractivity contribution >= 4 is 24.2 Å². The summed E-state index contributed by atoms with van der Waals surface area (Å²) in [7, 11) is 0. The molecular weight excluding hydrogens is 342 g/mol. The number of piperidine rings is 1. The molecule has 1 aromatic heterocycles. The van der Waals surface area contributed by atoms with Gasteiger partial charge in [0.05, 0.1) is 12.1 Å². The zero-order valence-corrected chi connectivity index (χ0v) is 15.8. The maximum absolute atomic E-state index is 12.3. The van der Waals surface area contributed by atoms with Gasteiger partial charge in [-0.2, -0.15) is 0 Å². The molecule has 25 heavy (non-hydrogen) atoms. The number of nitrogens with zero attached hydrogens (tertiary/aromatic N) is 1. The largest absolute Gasteiger partial charge is 0.466 e. The lowest BCUT2D eigenvalue weighted by Crippen LogP contribution is -2.48. The van der Waals surface area contributed by atoms with E-state index in [1.54, 1.807) is 13.0 Å². The molecule has 0 unspecified atom stereocenters. The number of amides is 2. The number of halogens is 1. The molecule has 2 aliphatic rings. The highest BCUT2D eigenvalue weighted by Crippen LogP contribution is 2.27. The van der Waals surface area contributed by atoms with E-state index in [2.05, 4.69) is 10.6 Å². The molecule has 7 heteroatoms. The average molecular weight is 370 g/mol. The second kappa shape index (κ2) is 8.72. The Balaban J connectivity index is 0.00000225. The molecule has 2 fully saturated rings. The number of nitrogens with one attached hydrogen (secondary N) is 2. The van der Waals surface area contributed by atoms with E-state index in [0.29, 0.717) is 31.0 Å². The summed E-state index contributed by atoms with van der Waals surface area (Å²) in [6.07, 6.45) is 4.19. The first-order chi connectivity index (χ1) is 11.5. The SMILES string of the molecule is Cc1cc(C(=O)NC2CCN(C(=O)CNCC3CC3)CC2)c(C)o1.Cl. The van der Waals surface area contributed by atoms with E-state index in [9.17, 15) is 9.59 Å². The number of carbonyl (C=O) groups is 2. The van der Waals surface area contributed by atoms with Gasteiger partial charge in [-0.25, -0.2) is 0 Å². The number of rotatable bonds is 6. The van der Waals surface area contributed by atoms with E-state index in [1.807, 2.05) is 11.8 Å². The molecule has 1 aliphatic heterocycles. The molecule has 3 rings (SSSR count). The molecule has 0 spiro atoms. The number of hydrogen-bond acceptors (Lipinski definition) is 4. The molecule has 0 atom stereocenters. The maximum atomic E-state index is 12.3. The van der Waals surface area contributed by atoms with Crippen molar-refractivity contribution < 1.29 is 14.0 Å². The first-order valence-corrected chi connectivity index (χ1v) is 8.89. The third-order valence-electron chi connectivity index (χ3n) is 4.87. The lowest BCUT2D eigenvalue weighted by Gasteiger charge is -2.32. The van der Waals surface area contributed by atoms with Crippen molar-refractivity contribution in [1.82, 2.24) is 15.5 Å². The molecule has 140 valence electrons. The van der Waals surface area contributed by atoms with Gasteiger partial charge >= 0.3 is 0 Å². The summed E-state index contributed by atoms with van der Waals surface area (Å²) in [5.74, 6) is 2.27. The summed E-state index contributed by atoms with van der Waals surface area (Å²) < 4.78 is 5.41. The van der Waals surface area contributed by atoms with Crippen LogP contribution in [0.4, 0.5) is 0 Å². The summed E-state index contributed by atoms with van der Waals surface area (Å²) in [5, 5.41) is 6.31. The third kappa shape index (κ3) is 5.47. The highest BCUT2D eigenvalue weighted by atomic mass is 35.5. The maximum Gasteiger partial charge on any atom is 0.255 e. The van der Waals surface area contributed by atoms with Crippen molar-refractivity contribution in [2.24, 2.45) is 5.92 Å². The van der Waals surface area contributed by atoms with Crippen molar-refractivity contribution in [2.75, 3.05) is 26.2 Å². The van der Waals surface area contributed by atoms with Crippen LogP contribution in [0, 0.1) is 19.8 Å². The molecule has 1 saturated carbocycles. The zero-order valence-electron chi connectivity index (χ0n) is 15.0. The van der Waals surface area contributed by atoms with Crippen LogP contribution < -0.4 is 10.6 Å². The average Bonchev–Trinajstić information content (AvgIpc) is 3.31. The first kappa shape index (κ1) is 19.8. The van der Waals surface area contributed by atoms with E-state index < -0.39 is 0 Å². The van der Waals surface area contributed by atoms with Crippen LogP contribution in [0.25, 0.3) is 0 Å². The van der Waals surface area contributed by atoms with Crippen LogP contribution in [0.1, 0.15) is 47.6 Å². The number of furan rings is 1. The van der Waals surface area contributed by atoms with Crippen LogP contribution in [0.3, 0.4) is 0 Å². The van der Waals surface area contributed by atoms with Gasteiger partial charge in [-0.1, -0.05) is 0 Å². The summed E-state index contributed by atoms with van der Waals surface area (Å²) >= 11 is 0. The van der Waals surface area contributed by atoms with Crippen molar-refractivity contribution in [1.29, 1.82) is 0 Å². The van der Waals surface area contributed by atoms with Crippen molar-refractivity contribution in [3.8, 4) is 0 Å². The minimum Gasteiger partial charge on any atom is -0.466 e. The van der Waals surface area contributed by atoms with Gasteiger partial charge in [0.2, 0.25) is 5.91 Å². The first-order valence-electron chi connectivity index (χ1n) is 8.89. The van der Waals surface area contributed by atoms with E-state index in [0.717, 1.165) is 31.1 Å². The Morgan fingerprint density at radius 1 is 1.20 bits per heavy atom. The minimum absolute atomic E-state index is 0. The molecule has 0 aromatic carbocycles. The molecule has 2 heterocycles. The Labute approximate surface area is 155 Å². The number of aryl methyl sites for hydroxylation is 2. The van der Waals surface area contributed by atoms with Gasteiger partial charge in [0.25, 0.3) is 5.91 Å². The van der Waals surface area contributed by atoms with E-state index in [-0.39, 0.29) is 30.3 Å².